The fourth-order valence-electron chi connectivity index (χ4n) is 3.06. The normalized spacial score (nSPS) is 11.2. The number of aromatic nitrogens is 2. The molecule has 2 aromatic carbocycles. The van der Waals surface area contributed by atoms with E-state index in [-0.39, 0.29) is 0 Å². The number of hydrogen-bond donors (Lipinski definition) is 1. The van der Waals surface area contributed by atoms with Crippen LogP contribution in [0.2, 0.25) is 0 Å². The van der Waals surface area contributed by atoms with Crippen LogP contribution < -0.4 is 4.74 Å². The Morgan fingerprint density at radius 2 is 1.91 bits per heavy atom. The van der Waals surface area contributed by atoms with Gasteiger partial charge < -0.3 is 9.72 Å². The van der Waals surface area contributed by atoms with Crippen molar-refractivity contribution < 1.29 is 4.74 Å². The lowest BCUT2D eigenvalue weighted by Crippen LogP contribution is -1.91. The topological polar surface area (TPSA) is 37.9 Å². The van der Waals surface area contributed by atoms with Gasteiger partial charge in [0.15, 0.2) is 0 Å². The highest BCUT2D eigenvalue weighted by Crippen LogP contribution is 2.32. The fraction of sp³-hybridized carbons (Fsp3) is 0.150. The first kappa shape index (κ1) is 13.8. The van der Waals surface area contributed by atoms with Crippen molar-refractivity contribution in [3.05, 3.63) is 60.3 Å². The van der Waals surface area contributed by atoms with Crippen LogP contribution in [0.5, 0.6) is 5.75 Å². The van der Waals surface area contributed by atoms with Gasteiger partial charge in [0.25, 0.3) is 0 Å². The molecule has 4 rings (SSSR count). The van der Waals surface area contributed by atoms with E-state index < -0.39 is 0 Å². The van der Waals surface area contributed by atoms with Gasteiger partial charge in [0.1, 0.15) is 5.75 Å². The van der Waals surface area contributed by atoms with E-state index in [0.717, 1.165) is 33.4 Å². The number of hydrogen-bond acceptors (Lipinski definition) is 2. The number of aromatic amines is 1. The molecule has 0 unspecified atom stereocenters. The van der Waals surface area contributed by atoms with Crippen LogP contribution in [0.25, 0.3) is 33.1 Å². The lowest BCUT2D eigenvalue weighted by Gasteiger charge is -2.07. The predicted molar refractivity (Wildman–Crippen MR) is 94.9 cm³/mol. The molecule has 0 spiro atoms. The zero-order chi connectivity index (χ0) is 15.8. The summed E-state index contributed by atoms with van der Waals surface area (Å²) in [5.74, 6) is 0.887. The molecule has 23 heavy (non-hydrogen) atoms. The van der Waals surface area contributed by atoms with Crippen LogP contribution in [-0.2, 0) is 0 Å². The van der Waals surface area contributed by atoms with E-state index in [1.54, 1.807) is 0 Å². The smallest absolute Gasteiger partial charge is 0.120 e. The zero-order valence-electron chi connectivity index (χ0n) is 13.3. The summed E-state index contributed by atoms with van der Waals surface area (Å²) in [5.41, 5.74) is 5.45. The van der Waals surface area contributed by atoms with Gasteiger partial charge >= 0.3 is 0 Å². The molecule has 4 aromatic rings. The standard InChI is InChI=1S/C20H18N2O/c1-3-23-14-8-9-18-16(11-14)17(12-21-18)20-10-13(2)15-6-4-5-7-19(15)22-20/h4-12,21H,3H2,1-2H3. The Morgan fingerprint density at radius 1 is 1.04 bits per heavy atom. The minimum atomic E-state index is 0.665. The molecule has 3 nitrogen and oxygen atoms in total. The first-order valence-electron chi connectivity index (χ1n) is 7.87. The minimum absolute atomic E-state index is 0.665. The van der Waals surface area contributed by atoms with Crippen LogP contribution in [0.3, 0.4) is 0 Å². The molecule has 0 radical (unpaired) electrons. The Balaban J connectivity index is 1.93. The third kappa shape index (κ3) is 2.34. The molecule has 0 fully saturated rings. The monoisotopic (exact) mass is 302 g/mol. The van der Waals surface area contributed by atoms with Crippen molar-refractivity contribution in [2.24, 2.45) is 0 Å². The van der Waals surface area contributed by atoms with Gasteiger partial charge in [-0.05, 0) is 49.7 Å². The maximum atomic E-state index is 5.63. The quantitative estimate of drug-likeness (QED) is 0.572. The van der Waals surface area contributed by atoms with Crippen molar-refractivity contribution in [2.75, 3.05) is 6.61 Å². The lowest BCUT2D eigenvalue weighted by molar-refractivity contribution is 0.341. The Kier molecular flexibility index (Phi) is 3.27. The maximum Gasteiger partial charge on any atom is 0.120 e. The molecule has 2 heterocycles. The maximum absolute atomic E-state index is 5.63. The predicted octanol–water partition coefficient (Wildman–Crippen LogP) is 5.09. The van der Waals surface area contributed by atoms with E-state index in [2.05, 4.69) is 48.3 Å². The number of rotatable bonds is 3. The molecule has 0 saturated heterocycles. The summed E-state index contributed by atoms with van der Waals surface area (Å²) in [4.78, 5) is 8.17. The SMILES string of the molecule is CCOc1ccc2[nH]cc(-c3cc(C)c4ccccc4n3)c2c1. The number of pyridine rings is 1. The summed E-state index contributed by atoms with van der Waals surface area (Å²) >= 11 is 0. The zero-order valence-corrected chi connectivity index (χ0v) is 13.3. The van der Waals surface area contributed by atoms with Crippen molar-refractivity contribution in [1.82, 2.24) is 9.97 Å². The summed E-state index contributed by atoms with van der Waals surface area (Å²) in [6, 6.07) is 16.5. The summed E-state index contributed by atoms with van der Waals surface area (Å²) < 4.78 is 5.63. The average molecular weight is 302 g/mol. The van der Waals surface area contributed by atoms with Gasteiger partial charge in [-0.1, -0.05) is 18.2 Å². The number of H-pyrrole nitrogens is 1. The van der Waals surface area contributed by atoms with Crippen LogP contribution in [-0.4, -0.2) is 16.6 Å². The molecule has 114 valence electrons. The van der Waals surface area contributed by atoms with Crippen molar-refractivity contribution in [1.29, 1.82) is 0 Å². The Hall–Kier alpha value is -2.81. The van der Waals surface area contributed by atoms with Gasteiger partial charge in [0.2, 0.25) is 0 Å². The highest BCUT2D eigenvalue weighted by Gasteiger charge is 2.10. The molecular weight excluding hydrogens is 284 g/mol. The second kappa shape index (κ2) is 5.43. The van der Waals surface area contributed by atoms with E-state index in [0.29, 0.717) is 6.61 Å². The Bertz CT molecular complexity index is 1000. The molecular formula is C20H18N2O. The first-order chi connectivity index (χ1) is 11.3. The summed E-state index contributed by atoms with van der Waals surface area (Å²) in [7, 11) is 0. The lowest BCUT2D eigenvalue weighted by atomic mass is 10.0. The van der Waals surface area contributed by atoms with Gasteiger partial charge in [-0.2, -0.15) is 0 Å². The number of benzene rings is 2. The van der Waals surface area contributed by atoms with Crippen molar-refractivity contribution in [3.8, 4) is 17.0 Å². The number of nitrogens with one attached hydrogen (secondary N) is 1. The van der Waals surface area contributed by atoms with E-state index in [9.17, 15) is 0 Å². The average Bonchev–Trinajstić information content (AvgIpc) is 2.98. The van der Waals surface area contributed by atoms with Gasteiger partial charge in [0.05, 0.1) is 17.8 Å². The highest BCUT2D eigenvalue weighted by molar-refractivity contribution is 5.97. The molecule has 0 amide bonds. The van der Waals surface area contributed by atoms with Crippen LogP contribution in [0, 0.1) is 6.92 Å². The summed E-state index contributed by atoms with van der Waals surface area (Å²) in [6.45, 7) is 4.79. The van der Waals surface area contributed by atoms with Crippen molar-refractivity contribution in [3.63, 3.8) is 0 Å². The molecule has 1 N–H and O–H groups in total. The molecule has 0 atom stereocenters. The van der Waals surface area contributed by atoms with Crippen molar-refractivity contribution in [2.45, 2.75) is 13.8 Å². The second-order valence-corrected chi connectivity index (χ2v) is 5.68. The van der Waals surface area contributed by atoms with Crippen LogP contribution in [0.15, 0.2) is 54.7 Å². The van der Waals surface area contributed by atoms with Crippen LogP contribution >= 0.6 is 0 Å². The number of ether oxygens (including phenoxy) is 1. The molecule has 0 saturated carbocycles. The van der Waals surface area contributed by atoms with E-state index in [1.165, 1.54) is 10.9 Å². The Labute approximate surface area is 134 Å². The largest absolute Gasteiger partial charge is 0.494 e. The van der Waals surface area contributed by atoms with Crippen LogP contribution in [0.1, 0.15) is 12.5 Å². The van der Waals surface area contributed by atoms with E-state index in [4.69, 9.17) is 9.72 Å². The number of para-hydroxylation sites is 1. The Morgan fingerprint density at radius 3 is 2.78 bits per heavy atom. The molecule has 3 heteroatoms. The molecule has 2 aromatic heterocycles. The first-order valence-corrected chi connectivity index (χ1v) is 7.87. The molecule has 0 aliphatic carbocycles. The fourth-order valence-corrected chi connectivity index (χ4v) is 3.06. The minimum Gasteiger partial charge on any atom is -0.494 e. The number of nitrogens with zero attached hydrogens (tertiary/aromatic N) is 1. The van der Waals surface area contributed by atoms with E-state index >= 15 is 0 Å². The van der Waals surface area contributed by atoms with E-state index in [1.807, 2.05) is 25.3 Å². The van der Waals surface area contributed by atoms with Gasteiger partial charge in [-0.15, -0.1) is 0 Å². The highest BCUT2D eigenvalue weighted by atomic mass is 16.5. The van der Waals surface area contributed by atoms with Gasteiger partial charge in [0, 0.05) is 28.0 Å². The third-order valence-electron chi connectivity index (χ3n) is 4.16. The number of fused-ring (bicyclic) bond motifs is 2. The van der Waals surface area contributed by atoms with Gasteiger partial charge in [-0.3, -0.25) is 0 Å². The second-order valence-electron chi connectivity index (χ2n) is 5.68. The number of aryl methyl sites for hydroxylation is 1. The van der Waals surface area contributed by atoms with Gasteiger partial charge in [-0.25, -0.2) is 4.98 Å². The molecule has 0 bridgehead atoms. The molecule has 0 aliphatic heterocycles. The van der Waals surface area contributed by atoms with Crippen LogP contribution in [0.4, 0.5) is 0 Å². The van der Waals surface area contributed by atoms with Crippen molar-refractivity contribution >= 4 is 21.8 Å². The third-order valence-corrected chi connectivity index (χ3v) is 4.16. The molecule has 0 aliphatic rings. The summed E-state index contributed by atoms with van der Waals surface area (Å²) in [6.07, 6.45) is 2.02. The summed E-state index contributed by atoms with van der Waals surface area (Å²) in [5, 5.41) is 2.34.